The molecule has 1 heterocycles. The minimum Gasteiger partial charge on any atom is -0.388 e. The average Bonchev–Trinajstić information content (AvgIpc) is 2.68. The van der Waals surface area contributed by atoms with Gasteiger partial charge >= 0.3 is 0 Å². The molecular weight excluding hydrogens is 274 g/mol. The lowest BCUT2D eigenvalue weighted by molar-refractivity contribution is -0.127. The van der Waals surface area contributed by atoms with Crippen LogP contribution in [-0.4, -0.2) is 52.1 Å². The summed E-state index contributed by atoms with van der Waals surface area (Å²) in [6.45, 7) is 0.395. The minimum absolute atomic E-state index is 0.101. The first kappa shape index (κ1) is 13.7. The van der Waals surface area contributed by atoms with E-state index in [9.17, 15) is 15.0 Å². The molecule has 1 aliphatic heterocycles. The van der Waals surface area contributed by atoms with Crippen LogP contribution in [0.3, 0.4) is 0 Å². The van der Waals surface area contributed by atoms with Crippen molar-refractivity contribution in [3.8, 4) is 0 Å². The Hall–Kier alpha value is -0.750. The van der Waals surface area contributed by atoms with Gasteiger partial charge in [0.05, 0.1) is 23.0 Å². The number of rotatable bonds is 3. The molecule has 4 nitrogen and oxygen atoms in total. The van der Waals surface area contributed by atoms with Gasteiger partial charge in [-0.3, -0.25) is 4.79 Å². The number of carbonyl (C=O) groups is 1. The Morgan fingerprint density at radius 2 is 1.94 bits per heavy atom. The standard InChI is InChI=1S/C12H14ClNO3S/c13-8-3-1-2-4-11(8)18-7-12(17)14-5-9(15)10(16)6-14/h1-4,9-10,15-16H,5-7H2. The van der Waals surface area contributed by atoms with Crippen LogP contribution in [-0.2, 0) is 4.79 Å². The maximum absolute atomic E-state index is 11.9. The number of hydrogen-bond donors (Lipinski definition) is 2. The molecule has 6 heteroatoms. The summed E-state index contributed by atoms with van der Waals surface area (Å²) < 4.78 is 0. The highest BCUT2D eigenvalue weighted by molar-refractivity contribution is 8.00. The lowest BCUT2D eigenvalue weighted by Crippen LogP contribution is -2.31. The third-order valence-electron chi connectivity index (χ3n) is 2.80. The first-order chi connectivity index (χ1) is 8.58. The number of aliphatic hydroxyl groups excluding tert-OH is 2. The summed E-state index contributed by atoms with van der Waals surface area (Å²) in [6.07, 6.45) is -1.67. The molecule has 0 aromatic heterocycles. The van der Waals surface area contributed by atoms with E-state index in [0.29, 0.717) is 5.02 Å². The van der Waals surface area contributed by atoms with Crippen molar-refractivity contribution in [1.82, 2.24) is 4.90 Å². The van der Waals surface area contributed by atoms with Gasteiger partial charge < -0.3 is 15.1 Å². The third-order valence-corrected chi connectivity index (χ3v) is 4.30. The molecule has 1 aliphatic rings. The topological polar surface area (TPSA) is 60.8 Å². The lowest BCUT2D eigenvalue weighted by Gasteiger charge is -2.15. The van der Waals surface area contributed by atoms with Gasteiger partial charge in [0.2, 0.25) is 5.91 Å². The van der Waals surface area contributed by atoms with Gasteiger partial charge in [-0.2, -0.15) is 0 Å². The van der Waals surface area contributed by atoms with Crippen molar-refractivity contribution in [3.05, 3.63) is 29.3 Å². The Morgan fingerprint density at radius 1 is 1.33 bits per heavy atom. The number of carbonyl (C=O) groups excluding carboxylic acids is 1. The van der Waals surface area contributed by atoms with Crippen molar-refractivity contribution in [2.24, 2.45) is 0 Å². The zero-order valence-electron chi connectivity index (χ0n) is 9.62. The fourth-order valence-electron chi connectivity index (χ4n) is 1.77. The van der Waals surface area contributed by atoms with Crippen LogP contribution in [0.1, 0.15) is 0 Å². The summed E-state index contributed by atoms with van der Waals surface area (Å²) in [5.41, 5.74) is 0. The predicted octanol–water partition coefficient (Wildman–Crippen LogP) is 0.996. The number of nitrogens with zero attached hydrogens (tertiary/aromatic N) is 1. The molecule has 1 aromatic rings. The summed E-state index contributed by atoms with van der Waals surface area (Å²) in [6, 6.07) is 7.33. The predicted molar refractivity (Wildman–Crippen MR) is 70.8 cm³/mol. The molecule has 18 heavy (non-hydrogen) atoms. The zero-order chi connectivity index (χ0) is 13.1. The number of benzene rings is 1. The molecule has 0 spiro atoms. The Bertz CT molecular complexity index is 433. The highest BCUT2D eigenvalue weighted by Gasteiger charge is 2.32. The quantitative estimate of drug-likeness (QED) is 0.814. The molecule has 0 radical (unpaired) electrons. The van der Waals surface area contributed by atoms with Crippen LogP contribution in [0.4, 0.5) is 0 Å². The molecule has 0 bridgehead atoms. The van der Waals surface area contributed by atoms with E-state index in [-0.39, 0.29) is 24.7 Å². The van der Waals surface area contributed by atoms with Crippen molar-refractivity contribution >= 4 is 29.3 Å². The van der Waals surface area contributed by atoms with E-state index in [4.69, 9.17) is 11.6 Å². The Kier molecular flexibility index (Phi) is 4.50. The minimum atomic E-state index is -0.834. The van der Waals surface area contributed by atoms with Gasteiger partial charge in [0.1, 0.15) is 0 Å². The SMILES string of the molecule is O=C(CSc1ccccc1Cl)N1CC(O)C(O)C1. The van der Waals surface area contributed by atoms with Crippen LogP contribution in [0.5, 0.6) is 0 Å². The monoisotopic (exact) mass is 287 g/mol. The van der Waals surface area contributed by atoms with Crippen LogP contribution < -0.4 is 0 Å². The normalized spacial score (nSPS) is 23.4. The van der Waals surface area contributed by atoms with E-state index < -0.39 is 12.2 Å². The molecule has 98 valence electrons. The fourth-order valence-corrected chi connectivity index (χ4v) is 2.91. The summed E-state index contributed by atoms with van der Waals surface area (Å²) in [5, 5.41) is 19.4. The van der Waals surface area contributed by atoms with Crippen LogP contribution in [0.25, 0.3) is 0 Å². The number of amides is 1. The maximum Gasteiger partial charge on any atom is 0.233 e. The Labute approximate surface area is 115 Å². The van der Waals surface area contributed by atoms with Crippen molar-refractivity contribution in [1.29, 1.82) is 0 Å². The van der Waals surface area contributed by atoms with E-state index in [1.165, 1.54) is 16.7 Å². The zero-order valence-corrected chi connectivity index (χ0v) is 11.2. The maximum atomic E-state index is 11.9. The van der Waals surface area contributed by atoms with Crippen LogP contribution in [0, 0.1) is 0 Å². The van der Waals surface area contributed by atoms with Crippen LogP contribution >= 0.6 is 23.4 Å². The summed E-state index contributed by atoms with van der Waals surface area (Å²) in [5.74, 6) is 0.152. The molecule has 2 unspecified atom stereocenters. The van der Waals surface area contributed by atoms with Gasteiger partial charge in [-0.1, -0.05) is 23.7 Å². The van der Waals surface area contributed by atoms with Crippen molar-refractivity contribution in [2.45, 2.75) is 17.1 Å². The van der Waals surface area contributed by atoms with Gasteiger partial charge in [0, 0.05) is 18.0 Å². The summed E-state index contributed by atoms with van der Waals surface area (Å²) in [4.78, 5) is 14.2. The molecule has 2 rings (SSSR count). The summed E-state index contributed by atoms with van der Waals surface area (Å²) >= 11 is 7.35. The average molecular weight is 288 g/mol. The second kappa shape index (κ2) is 5.93. The molecule has 1 fully saturated rings. The molecular formula is C12H14ClNO3S. The van der Waals surface area contributed by atoms with E-state index >= 15 is 0 Å². The van der Waals surface area contributed by atoms with E-state index in [1.54, 1.807) is 6.07 Å². The molecule has 2 N–H and O–H groups in total. The molecule has 0 saturated carbocycles. The second-order valence-electron chi connectivity index (χ2n) is 4.15. The fraction of sp³-hybridized carbons (Fsp3) is 0.417. The van der Waals surface area contributed by atoms with Gasteiger partial charge in [-0.05, 0) is 12.1 Å². The number of halogens is 1. The first-order valence-electron chi connectivity index (χ1n) is 5.59. The highest BCUT2D eigenvalue weighted by atomic mass is 35.5. The number of β-amino-alcohol motifs (C(OH)–C–C–N with tert-alkyl or cyclic N) is 2. The van der Waals surface area contributed by atoms with Gasteiger partial charge in [-0.25, -0.2) is 0 Å². The Morgan fingerprint density at radius 3 is 2.56 bits per heavy atom. The van der Waals surface area contributed by atoms with E-state index in [0.717, 1.165) is 4.90 Å². The van der Waals surface area contributed by atoms with E-state index in [1.807, 2.05) is 18.2 Å². The van der Waals surface area contributed by atoms with Crippen molar-refractivity contribution in [2.75, 3.05) is 18.8 Å². The number of hydrogen-bond acceptors (Lipinski definition) is 4. The van der Waals surface area contributed by atoms with Gasteiger partial charge in [0.15, 0.2) is 0 Å². The molecule has 0 aliphatic carbocycles. The number of aliphatic hydroxyl groups is 2. The van der Waals surface area contributed by atoms with Crippen LogP contribution in [0.15, 0.2) is 29.2 Å². The van der Waals surface area contributed by atoms with Crippen molar-refractivity contribution in [3.63, 3.8) is 0 Å². The molecule has 1 aromatic carbocycles. The largest absolute Gasteiger partial charge is 0.388 e. The third kappa shape index (κ3) is 3.17. The van der Waals surface area contributed by atoms with E-state index in [2.05, 4.69) is 0 Å². The van der Waals surface area contributed by atoms with Crippen LogP contribution in [0.2, 0.25) is 5.02 Å². The second-order valence-corrected chi connectivity index (χ2v) is 5.58. The number of thioether (sulfide) groups is 1. The first-order valence-corrected chi connectivity index (χ1v) is 6.95. The highest BCUT2D eigenvalue weighted by Crippen LogP contribution is 2.27. The smallest absolute Gasteiger partial charge is 0.233 e. The molecule has 1 amide bonds. The molecule has 2 atom stereocenters. The summed E-state index contributed by atoms with van der Waals surface area (Å²) in [7, 11) is 0. The van der Waals surface area contributed by atoms with Gasteiger partial charge in [-0.15, -0.1) is 11.8 Å². The lowest BCUT2D eigenvalue weighted by atomic mass is 10.3. The molecule has 1 saturated heterocycles. The van der Waals surface area contributed by atoms with Crippen molar-refractivity contribution < 1.29 is 15.0 Å². The van der Waals surface area contributed by atoms with Gasteiger partial charge in [0.25, 0.3) is 0 Å². The Balaban J connectivity index is 1.88. The number of likely N-dealkylation sites (tertiary alicyclic amines) is 1.